The molecule has 0 saturated carbocycles. The first kappa shape index (κ1) is 19.5. The van der Waals surface area contributed by atoms with Gasteiger partial charge in [-0.3, -0.25) is 4.98 Å². The molecule has 2 N–H and O–H groups in total. The van der Waals surface area contributed by atoms with Gasteiger partial charge in [-0.05, 0) is 24.6 Å². The number of methoxy groups -OCH3 is 1. The molecule has 7 nitrogen and oxygen atoms in total. The third-order valence-electron chi connectivity index (χ3n) is 3.91. The number of anilines is 3. The fourth-order valence-corrected chi connectivity index (χ4v) is 2.52. The summed E-state index contributed by atoms with van der Waals surface area (Å²) in [6.45, 7) is 2.87. The second kappa shape index (κ2) is 9.61. The van der Waals surface area contributed by atoms with Crippen LogP contribution >= 0.6 is 0 Å². The minimum Gasteiger partial charge on any atom is -0.491 e. The molecule has 0 aliphatic carbocycles. The Bertz CT molecular complexity index is 878. The van der Waals surface area contributed by atoms with Crippen LogP contribution in [0.2, 0.25) is 0 Å². The Morgan fingerprint density at radius 1 is 1.04 bits per heavy atom. The number of nitrogens with one attached hydrogen (secondary N) is 2. The van der Waals surface area contributed by atoms with Crippen molar-refractivity contribution in [2.24, 2.45) is 0 Å². The standard InChI is InChI=1S/C20H22FN5O2/c1-14(15-3-5-16(21)6-4-15)24-18-11-17(28-10-9-27-2)12-19(25-18)26-20-13-22-7-8-23-20/h3-8,11-14H,9-10H2,1-2H3,(H2,23,24,25,26). The molecule has 0 aliphatic rings. The van der Waals surface area contributed by atoms with Crippen molar-refractivity contribution in [2.45, 2.75) is 13.0 Å². The molecule has 3 aromatic rings. The summed E-state index contributed by atoms with van der Waals surface area (Å²) in [6, 6.07) is 9.86. The highest BCUT2D eigenvalue weighted by Gasteiger charge is 2.10. The Kier molecular flexibility index (Phi) is 6.69. The molecule has 0 saturated heterocycles. The van der Waals surface area contributed by atoms with Gasteiger partial charge in [0, 0.05) is 37.7 Å². The molecule has 28 heavy (non-hydrogen) atoms. The molecule has 0 fully saturated rings. The number of pyridine rings is 1. The lowest BCUT2D eigenvalue weighted by atomic mass is 10.1. The van der Waals surface area contributed by atoms with Crippen molar-refractivity contribution < 1.29 is 13.9 Å². The summed E-state index contributed by atoms with van der Waals surface area (Å²) in [7, 11) is 1.62. The normalized spacial score (nSPS) is 11.7. The lowest BCUT2D eigenvalue weighted by Gasteiger charge is -2.17. The van der Waals surface area contributed by atoms with Crippen LogP contribution in [0.15, 0.2) is 55.0 Å². The molecule has 0 bridgehead atoms. The van der Waals surface area contributed by atoms with Gasteiger partial charge in [-0.15, -0.1) is 0 Å². The van der Waals surface area contributed by atoms with Crippen LogP contribution in [0.1, 0.15) is 18.5 Å². The fourth-order valence-electron chi connectivity index (χ4n) is 2.52. The number of aromatic nitrogens is 3. The van der Waals surface area contributed by atoms with E-state index in [0.29, 0.717) is 36.4 Å². The average Bonchev–Trinajstić information content (AvgIpc) is 2.69. The zero-order chi connectivity index (χ0) is 19.8. The van der Waals surface area contributed by atoms with Crippen LogP contribution in [0.25, 0.3) is 0 Å². The minimum absolute atomic E-state index is 0.0771. The van der Waals surface area contributed by atoms with E-state index in [1.807, 2.05) is 6.92 Å². The lowest BCUT2D eigenvalue weighted by Crippen LogP contribution is -2.10. The Labute approximate surface area is 163 Å². The van der Waals surface area contributed by atoms with Gasteiger partial charge in [-0.25, -0.2) is 14.4 Å². The topological polar surface area (TPSA) is 81.2 Å². The maximum atomic E-state index is 13.2. The van der Waals surface area contributed by atoms with Gasteiger partial charge in [-0.1, -0.05) is 12.1 Å². The van der Waals surface area contributed by atoms with Crippen LogP contribution in [0.3, 0.4) is 0 Å². The van der Waals surface area contributed by atoms with Gasteiger partial charge in [0.15, 0.2) is 0 Å². The third-order valence-corrected chi connectivity index (χ3v) is 3.91. The van der Waals surface area contributed by atoms with Gasteiger partial charge >= 0.3 is 0 Å². The molecule has 0 aliphatic heterocycles. The Morgan fingerprint density at radius 3 is 2.54 bits per heavy atom. The van der Waals surface area contributed by atoms with Crippen molar-refractivity contribution in [1.82, 2.24) is 15.0 Å². The Hall–Kier alpha value is -3.26. The van der Waals surface area contributed by atoms with Crippen molar-refractivity contribution in [3.8, 4) is 5.75 Å². The molecule has 0 radical (unpaired) electrons. The van der Waals surface area contributed by atoms with E-state index in [0.717, 1.165) is 5.56 Å². The molecular weight excluding hydrogens is 361 g/mol. The van der Waals surface area contributed by atoms with Gasteiger partial charge in [0.05, 0.1) is 12.8 Å². The summed E-state index contributed by atoms with van der Waals surface area (Å²) >= 11 is 0. The van der Waals surface area contributed by atoms with Gasteiger partial charge in [0.1, 0.15) is 35.6 Å². The van der Waals surface area contributed by atoms with E-state index in [4.69, 9.17) is 9.47 Å². The highest BCUT2D eigenvalue weighted by atomic mass is 19.1. The number of benzene rings is 1. The summed E-state index contributed by atoms with van der Waals surface area (Å²) in [5.74, 6) is 2.11. The molecule has 146 valence electrons. The average molecular weight is 383 g/mol. The lowest BCUT2D eigenvalue weighted by molar-refractivity contribution is 0.146. The van der Waals surface area contributed by atoms with E-state index in [1.54, 1.807) is 50.0 Å². The van der Waals surface area contributed by atoms with E-state index in [-0.39, 0.29) is 11.9 Å². The highest BCUT2D eigenvalue weighted by molar-refractivity contribution is 5.58. The number of halogens is 1. The largest absolute Gasteiger partial charge is 0.491 e. The second-order valence-electron chi connectivity index (χ2n) is 6.05. The summed E-state index contributed by atoms with van der Waals surface area (Å²) in [4.78, 5) is 12.8. The molecule has 3 rings (SSSR count). The van der Waals surface area contributed by atoms with E-state index < -0.39 is 0 Å². The summed E-state index contributed by atoms with van der Waals surface area (Å²) < 4.78 is 23.9. The van der Waals surface area contributed by atoms with Crippen molar-refractivity contribution in [1.29, 1.82) is 0 Å². The van der Waals surface area contributed by atoms with Crippen LogP contribution < -0.4 is 15.4 Å². The number of hydrogen-bond acceptors (Lipinski definition) is 7. The number of rotatable bonds is 9. The van der Waals surface area contributed by atoms with Crippen LogP contribution in [-0.4, -0.2) is 35.3 Å². The zero-order valence-corrected chi connectivity index (χ0v) is 15.7. The van der Waals surface area contributed by atoms with Crippen LogP contribution in [0.4, 0.5) is 21.8 Å². The molecule has 2 heterocycles. The highest BCUT2D eigenvalue weighted by Crippen LogP contribution is 2.26. The van der Waals surface area contributed by atoms with Crippen molar-refractivity contribution in [3.63, 3.8) is 0 Å². The molecule has 2 aromatic heterocycles. The van der Waals surface area contributed by atoms with E-state index in [9.17, 15) is 4.39 Å². The van der Waals surface area contributed by atoms with E-state index in [2.05, 4.69) is 25.6 Å². The molecular formula is C20H22FN5O2. The Morgan fingerprint density at radius 2 is 1.82 bits per heavy atom. The molecule has 0 spiro atoms. The minimum atomic E-state index is -0.266. The SMILES string of the molecule is COCCOc1cc(Nc2cnccn2)nc(NC(C)c2ccc(F)cc2)c1. The van der Waals surface area contributed by atoms with Gasteiger partial charge in [-0.2, -0.15) is 0 Å². The van der Waals surface area contributed by atoms with Crippen LogP contribution in [0.5, 0.6) is 5.75 Å². The first-order chi connectivity index (χ1) is 13.6. The predicted molar refractivity (Wildman–Crippen MR) is 105 cm³/mol. The van der Waals surface area contributed by atoms with Crippen molar-refractivity contribution in [2.75, 3.05) is 31.0 Å². The smallest absolute Gasteiger partial charge is 0.150 e. The van der Waals surface area contributed by atoms with Gasteiger partial charge in [0.25, 0.3) is 0 Å². The van der Waals surface area contributed by atoms with Crippen molar-refractivity contribution >= 4 is 17.5 Å². The second-order valence-corrected chi connectivity index (χ2v) is 6.05. The van der Waals surface area contributed by atoms with E-state index in [1.165, 1.54) is 12.1 Å². The van der Waals surface area contributed by atoms with Gasteiger partial charge < -0.3 is 20.1 Å². The first-order valence-electron chi connectivity index (χ1n) is 8.83. The zero-order valence-electron chi connectivity index (χ0n) is 15.7. The molecule has 1 atom stereocenters. The van der Waals surface area contributed by atoms with Gasteiger partial charge in [0.2, 0.25) is 0 Å². The summed E-state index contributed by atoms with van der Waals surface area (Å²) in [5.41, 5.74) is 0.942. The maximum Gasteiger partial charge on any atom is 0.150 e. The quantitative estimate of drug-likeness (QED) is 0.542. The molecule has 0 amide bonds. The summed E-state index contributed by atoms with van der Waals surface area (Å²) in [6.07, 6.45) is 4.80. The van der Waals surface area contributed by atoms with E-state index >= 15 is 0 Å². The maximum absolute atomic E-state index is 13.2. The first-order valence-corrected chi connectivity index (χ1v) is 8.83. The molecule has 1 aromatic carbocycles. The third kappa shape index (κ3) is 5.62. The van der Waals surface area contributed by atoms with Crippen LogP contribution in [0, 0.1) is 5.82 Å². The molecule has 1 unspecified atom stereocenters. The van der Waals surface area contributed by atoms with Crippen LogP contribution in [-0.2, 0) is 4.74 Å². The fraction of sp³-hybridized carbons (Fsp3) is 0.250. The summed E-state index contributed by atoms with van der Waals surface area (Å²) in [5, 5.41) is 6.42. The Balaban J connectivity index is 1.80. The predicted octanol–water partition coefficient (Wildman–Crippen LogP) is 3.95. The van der Waals surface area contributed by atoms with Crippen molar-refractivity contribution in [3.05, 3.63) is 66.4 Å². The number of hydrogen-bond donors (Lipinski definition) is 2. The monoisotopic (exact) mass is 383 g/mol. The molecule has 8 heteroatoms. The number of ether oxygens (including phenoxy) is 2. The number of nitrogens with zero attached hydrogens (tertiary/aromatic N) is 3.